The van der Waals surface area contributed by atoms with Crippen LogP contribution in [0.3, 0.4) is 0 Å². The number of rotatable bonds is 7. The van der Waals surface area contributed by atoms with Gasteiger partial charge >= 0.3 is 6.03 Å². The summed E-state index contributed by atoms with van der Waals surface area (Å²) in [6.45, 7) is 3.46. The Labute approximate surface area is 203 Å². The monoisotopic (exact) mass is 473 g/mol. The SMILES string of the molecule is COc1ccc(OC)c(NC(=O)CN2C(=O)N[C@@](c3ccccc3)(c3ccc(C)c(C)c3)C2=O)c1. The Morgan fingerprint density at radius 3 is 2.31 bits per heavy atom. The number of amides is 4. The number of hydrogen-bond acceptors (Lipinski definition) is 5. The number of anilines is 1. The molecule has 1 aliphatic rings. The third-order valence-electron chi connectivity index (χ3n) is 6.23. The van der Waals surface area contributed by atoms with Crippen LogP contribution in [0.5, 0.6) is 11.5 Å². The van der Waals surface area contributed by atoms with Crippen LogP contribution < -0.4 is 20.1 Å². The fourth-order valence-corrected chi connectivity index (χ4v) is 4.19. The van der Waals surface area contributed by atoms with Gasteiger partial charge in [0.25, 0.3) is 5.91 Å². The summed E-state index contributed by atoms with van der Waals surface area (Å²) >= 11 is 0. The van der Waals surface area contributed by atoms with Crippen molar-refractivity contribution in [2.45, 2.75) is 19.4 Å². The second-order valence-electron chi connectivity index (χ2n) is 8.35. The molecule has 3 aromatic rings. The molecule has 1 fully saturated rings. The fraction of sp³-hybridized carbons (Fsp3) is 0.222. The van der Waals surface area contributed by atoms with Crippen molar-refractivity contribution in [2.75, 3.05) is 26.1 Å². The molecule has 4 rings (SSSR count). The largest absolute Gasteiger partial charge is 0.497 e. The maximum Gasteiger partial charge on any atom is 0.326 e. The van der Waals surface area contributed by atoms with Crippen LogP contribution in [0.2, 0.25) is 0 Å². The Kier molecular flexibility index (Phi) is 6.46. The molecule has 1 saturated heterocycles. The maximum atomic E-state index is 13.9. The number of aryl methyl sites for hydroxylation is 2. The van der Waals surface area contributed by atoms with E-state index < -0.39 is 29.9 Å². The number of benzene rings is 3. The van der Waals surface area contributed by atoms with Gasteiger partial charge in [0.15, 0.2) is 5.54 Å². The molecular weight excluding hydrogens is 446 g/mol. The van der Waals surface area contributed by atoms with Gasteiger partial charge in [0.05, 0.1) is 19.9 Å². The Balaban J connectivity index is 1.67. The normalized spacial score (nSPS) is 17.2. The highest BCUT2D eigenvalue weighted by Gasteiger charge is 2.54. The summed E-state index contributed by atoms with van der Waals surface area (Å²) in [5.41, 5.74) is 2.22. The van der Waals surface area contributed by atoms with E-state index in [1.54, 1.807) is 30.3 Å². The molecule has 0 aliphatic carbocycles. The Hall–Kier alpha value is -4.33. The van der Waals surface area contributed by atoms with Crippen LogP contribution in [-0.4, -0.2) is 43.5 Å². The van der Waals surface area contributed by atoms with E-state index in [2.05, 4.69) is 10.6 Å². The maximum absolute atomic E-state index is 13.9. The number of methoxy groups -OCH3 is 2. The highest BCUT2D eigenvalue weighted by molar-refractivity contribution is 6.12. The molecule has 1 heterocycles. The van der Waals surface area contributed by atoms with Crippen molar-refractivity contribution < 1.29 is 23.9 Å². The van der Waals surface area contributed by atoms with Crippen molar-refractivity contribution in [3.8, 4) is 11.5 Å². The van der Waals surface area contributed by atoms with E-state index in [1.807, 2.05) is 50.2 Å². The molecule has 1 aliphatic heterocycles. The third-order valence-corrected chi connectivity index (χ3v) is 6.23. The number of imide groups is 1. The minimum Gasteiger partial charge on any atom is -0.497 e. The Bertz CT molecular complexity index is 1290. The van der Waals surface area contributed by atoms with Crippen LogP contribution in [-0.2, 0) is 15.1 Å². The zero-order chi connectivity index (χ0) is 25.2. The second-order valence-corrected chi connectivity index (χ2v) is 8.35. The van der Waals surface area contributed by atoms with Crippen LogP contribution in [0.4, 0.5) is 10.5 Å². The molecular formula is C27H27N3O5. The number of ether oxygens (including phenoxy) is 2. The molecule has 0 aromatic heterocycles. The van der Waals surface area contributed by atoms with Crippen molar-refractivity contribution in [3.63, 3.8) is 0 Å². The molecule has 1 atom stereocenters. The first-order chi connectivity index (χ1) is 16.8. The molecule has 180 valence electrons. The smallest absolute Gasteiger partial charge is 0.326 e. The summed E-state index contributed by atoms with van der Waals surface area (Å²) in [5.74, 6) is -0.132. The number of hydrogen-bond donors (Lipinski definition) is 2. The number of nitrogens with zero attached hydrogens (tertiary/aromatic N) is 1. The molecule has 0 radical (unpaired) electrons. The average molecular weight is 474 g/mol. The van der Waals surface area contributed by atoms with Crippen molar-refractivity contribution in [1.29, 1.82) is 0 Å². The quantitative estimate of drug-likeness (QED) is 0.510. The topological polar surface area (TPSA) is 97.0 Å². The summed E-state index contributed by atoms with van der Waals surface area (Å²) in [6, 6.07) is 19.0. The first-order valence-electron chi connectivity index (χ1n) is 11.1. The number of nitrogens with one attached hydrogen (secondary N) is 2. The Morgan fingerprint density at radius 1 is 0.914 bits per heavy atom. The molecule has 8 nitrogen and oxygen atoms in total. The highest BCUT2D eigenvalue weighted by atomic mass is 16.5. The van der Waals surface area contributed by atoms with Gasteiger partial charge in [0.2, 0.25) is 5.91 Å². The molecule has 0 saturated carbocycles. The van der Waals surface area contributed by atoms with Gasteiger partial charge in [-0.1, -0.05) is 48.5 Å². The molecule has 3 aromatic carbocycles. The van der Waals surface area contributed by atoms with Crippen LogP contribution in [0, 0.1) is 13.8 Å². The van der Waals surface area contributed by atoms with Crippen molar-refractivity contribution >= 4 is 23.5 Å². The zero-order valence-corrected chi connectivity index (χ0v) is 20.0. The predicted octanol–water partition coefficient (Wildman–Crippen LogP) is 3.75. The van der Waals surface area contributed by atoms with Gasteiger partial charge in [-0.25, -0.2) is 4.79 Å². The summed E-state index contributed by atoms with van der Waals surface area (Å²) in [7, 11) is 2.99. The van der Waals surface area contributed by atoms with Gasteiger partial charge < -0.3 is 20.1 Å². The standard InChI is InChI=1S/C27H27N3O5/c1-17-10-11-20(14-18(17)2)27(19-8-6-5-7-9-19)25(32)30(26(33)29-27)16-24(31)28-22-15-21(34-3)12-13-23(22)35-4/h5-15H,16H2,1-4H3,(H,28,31)(H,29,33)/t27-/m0/s1. The van der Waals surface area contributed by atoms with Crippen molar-refractivity contribution in [1.82, 2.24) is 10.2 Å². The lowest BCUT2D eigenvalue weighted by Crippen LogP contribution is -2.45. The first kappa shape index (κ1) is 23.8. The lowest BCUT2D eigenvalue weighted by atomic mass is 9.81. The molecule has 4 amide bonds. The molecule has 35 heavy (non-hydrogen) atoms. The van der Waals surface area contributed by atoms with Crippen LogP contribution in [0.1, 0.15) is 22.3 Å². The van der Waals surface area contributed by atoms with Gasteiger partial charge in [-0.2, -0.15) is 0 Å². The van der Waals surface area contributed by atoms with Gasteiger partial charge in [-0.3, -0.25) is 14.5 Å². The van der Waals surface area contributed by atoms with E-state index in [-0.39, 0.29) is 0 Å². The minimum atomic E-state index is -1.44. The number of urea groups is 1. The summed E-state index contributed by atoms with van der Waals surface area (Å²) < 4.78 is 10.5. The fourth-order valence-electron chi connectivity index (χ4n) is 4.19. The van der Waals surface area contributed by atoms with Crippen molar-refractivity contribution in [2.24, 2.45) is 0 Å². The zero-order valence-electron chi connectivity index (χ0n) is 20.0. The summed E-state index contributed by atoms with van der Waals surface area (Å²) in [6.07, 6.45) is 0. The second kappa shape index (κ2) is 9.50. The molecule has 2 N–H and O–H groups in total. The first-order valence-corrected chi connectivity index (χ1v) is 11.1. The highest BCUT2D eigenvalue weighted by Crippen LogP contribution is 2.37. The van der Waals surface area contributed by atoms with E-state index in [0.29, 0.717) is 28.3 Å². The van der Waals surface area contributed by atoms with Gasteiger partial charge in [0.1, 0.15) is 18.0 Å². The lowest BCUT2D eigenvalue weighted by molar-refractivity contribution is -0.133. The van der Waals surface area contributed by atoms with Crippen LogP contribution in [0.15, 0.2) is 66.7 Å². The lowest BCUT2D eigenvalue weighted by Gasteiger charge is -2.28. The van der Waals surface area contributed by atoms with Gasteiger partial charge in [0, 0.05) is 6.07 Å². The summed E-state index contributed by atoms with van der Waals surface area (Å²) in [4.78, 5) is 40.8. The van der Waals surface area contributed by atoms with E-state index in [0.717, 1.165) is 16.0 Å². The van der Waals surface area contributed by atoms with E-state index in [1.165, 1.54) is 14.2 Å². The number of carbonyl (C=O) groups excluding carboxylic acids is 3. The van der Waals surface area contributed by atoms with E-state index >= 15 is 0 Å². The molecule has 0 spiro atoms. The number of carbonyl (C=O) groups is 3. The van der Waals surface area contributed by atoms with Gasteiger partial charge in [-0.05, 0) is 48.2 Å². The molecule has 8 heteroatoms. The molecule has 0 bridgehead atoms. The molecule has 0 unspecified atom stereocenters. The van der Waals surface area contributed by atoms with E-state index in [9.17, 15) is 14.4 Å². The van der Waals surface area contributed by atoms with Gasteiger partial charge in [-0.15, -0.1) is 0 Å². The Morgan fingerprint density at radius 2 is 1.66 bits per heavy atom. The average Bonchev–Trinajstić information content (AvgIpc) is 3.11. The van der Waals surface area contributed by atoms with Crippen LogP contribution in [0.25, 0.3) is 0 Å². The summed E-state index contributed by atoms with van der Waals surface area (Å²) in [5, 5.41) is 5.58. The minimum absolute atomic E-state index is 0.368. The van der Waals surface area contributed by atoms with Crippen LogP contribution >= 0.6 is 0 Å². The van der Waals surface area contributed by atoms with E-state index in [4.69, 9.17) is 9.47 Å². The predicted molar refractivity (Wildman–Crippen MR) is 132 cm³/mol. The van der Waals surface area contributed by atoms with Crippen molar-refractivity contribution in [3.05, 3.63) is 89.0 Å². The third kappa shape index (κ3) is 4.30.